The Hall–Kier alpha value is -2.53. The predicted molar refractivity (Wildman–Crippen MR) is 99.2 cm³/mol. The van der Waals surface area contributed by atoms with E-state index >= 15 is 0 Å². The standard InChI is InChI=1S/C20H15BrO4/c1-2-23-20(22)15-6-5-12-7-14(4-3-13(12)8-15)16-9-17(21)19-18(10-16)24-11-25-19/h3-10H,2,11H2,1H3. The SMILES string of the molecule is CCOC(=O)c1ccc2cc(-c3cc(Br)c4c(c3)OCO4)ccc2c1. The second-order valence-corrected chi connectivity index (χ2v) is 6.54. The van der Waals surface area contributed by atoms with E-state index in [1.54, 1.807) is 13.0 Å². The van der Waals surface area contributed by atoms with Crippen LogP contribution in [0, 0.1) is 0 Å². The van der Waals surface area contributed by atoms with E-state index in [9.17, 15) is 4.79 Å². The molecular formula is C20H15BrO4. The third-order valence-electron chi connectivity index (χ3n) is 4.11. The maximum atomic E-state index is 11.9. The van der Waals surface area contributed by atoms with E-state index in [2.05, 4.69) is 22.0 Å². The van der Waals surface area contributed by atoms with Gasteiger partial charge in [-0.3, -0.25) is 0 Å². The van der Waals surface area contributed by atoms with Gasteiger partial charge in [-0.25, -0.2) is 4.79 Å². The van der Waals surface area contributed by atoms with Gasteiger partial charge >= 0.3 is 5.97 Å². The van der Waals surface area contributed by atoms with Crippen molar-refractivity contribution < 1.29 is 19.0 Å². The highest BCUT2D eigenvalue weighted by Gasteiger charge is 2.18. The molecule has 4 nitrogen and oxygen atoms in total. The molecule has 126 valence electrons. The number of hydrogen-bond donors (Lipinski definition) is 0. The van der Waals surface area contributed by atoms with Crippen molar-refractivity contribution in [1.29, 1.82) is 0 Å². The minimum atomic E-state index is -0.298. The van der Waals surface area contributed by atoms with Crippen LogP contribution in [0.25, 0.3) is 21.9 Å². The Morgan fingerprint density at radius 2 is 1.84 bits per heavy atom. The smallest absolute Gasteiger partial charge is 0.338 e. The zero-order chi connectivity index (χ0) is 17.4. The molecule has 0 aliphatic carbocycles. The monoisotopic (exact) mass is 398 g/mol. The molecule has 0 fully saturated rings. The molecule has 0 aromatic heterocycles. The molecule has 25 heavy (non-hydrogen) atoms. The average molecular weight is 399 g/mol. The van der Waals surface area contributed by atoms with E-state index in [1.165, 1.54) is 0 Å². The van der Waals surface area contributed by atoms with Crippen molar-refractivity contribution in [2.24, 2.45) is 0 Å². The maximum Gasteiger partial charge on any atom is 0.338 e. The molecule has 1 aliphatic heterocycles. The number of benzene rings is 3. The van der Waals surface area contributed by atoms with E-state index in [1.807, 2.05) is 36.4 Å². The Kier molecular flexibility index (Phi) is 4.09. The fraction of sp³-hybridized carbons (Fsp3) is 0.150. The van der Waals surface area contributed by atoms with Crippen LogP contribution >= 0.6 is 15.9 Å². The van der Waals surface area contributed by atoms with Gasteiger partial charge in [0.2, 0.25) is 6.79 Å². The van der Waals surface area contributed by atoms with E-state index in [4.69, 9.17) is 14.2 Å². The van der Waals surface area contributed by atoms with Gasteiger partial charge in [-0.15, -0.1) is 0 Å². The Labute approximate surface area is 153 Å². The van der Waals surface area contributed by atoms with Gasteiger partial charge in [0.05, 0.1) is 16.6 Å². The highest BCUT2D eigenvalue weighted by Crippen LogP contribution is 2.42. The first-order valence-electron chi connectivity index (χ1n) is 7.96. The van der Waals surface area contributed by atoms with Crippen molar-refractivity contribution in [2.45, 2.75) is 6.92 Å². The topological polar surface area (TPSA) is 44.8 Å². The van der Waals surface area contributed by atoms with Gasteiger partial charge < -0.3 is 14.2 Å². The summed E-state index contributed by atoms with van der Waals surface area (Å²) >= 11 is 3.53. The second-order valence-electron chi connectivity index (χ2n) is 5.69. The van der Waals surface area contributed by atoms with Gasteiger partial charge in [-0.05, 0) is 75.1 Å². The maximum absolute atomic E-state index is 11.9. The summed E-state index contributed by atoms with van der Waals surface area (Å²) in [7, 11) is 0. The Morgan fingerprint density at radius 1 is 1.04 bits per heavy atom. The lowest BCUT2D eigenvalue weighted by atomic mass is 9.99. The largest absolute Gasteiger partial charge is 0.462 e. The third-order valence-corrected chi connectivity index (χ3v) is 4.70. The Balaban J connectivity index is 1.74. The van der Waals surface area contributed by atoms with Crippen LogP contribution in [0.1, 0.15) is 17.3 Å². The van der Waals surface area contributed by atoms with E-state index in [0.717, 1.165) is 37.9 Å². The summed E-state index contributed by atoms with van der Waals surface area (Å²) in [5.41, 5.74) is 2.66. The van der Waals surface area contributed by atoms with Crippen LogP contribution in [0.15, 0.2) is 53.0 Å². The van der Waals surface area contributed by atoms with Gasteiger partial charge in [0.15, 0.2) is 11.5 Å². The first kappa shape index (κ1) is 16.0. The normalized spacial score (nSPS) is 12.4. The number of ether oxygens (including phenoxy) is 3. The van der Waals surface area contributed by atoms with Crippen molar-refractivity contribution in [3.63, 3.8) is 0 Å². The van der Waals surface area contributed by atoms with Gasteiger partial charge in [0.25, 0.3) is 0 Å². The number of rotatable bonds is 3. The van der Waals surface area contributed by atoms with Crippen LogP contribution in [-0.4, -0.2) is 19.4 Å². The van der Waals surface area contributed by atoms with Crippen LogP contribution in [0.3, 0.4) is 0 Å². The van der Waals surface area contributed by atoms with Gasteiger partial charge in [-0.1, -0.05) is 18.2 Å². The minimum Gasteiger partial charge on any atom is -0.462 e. The number of esters is 1. The predicted octanol–water partition coefficient (Wildman–Crippen LogP) is 5.17. The van der Waals surface area contributed by atoms with Gasteiger partial charge in [0, 0.05) is 0 Å². The lowest BCUT2D eigenvalue weighted by Gasteiger charge is -2.08. The molecule has 0 saturated heterocycles. The summed E-state index contributed by atoms with van der Waals surface area (Å²) in [6.45, 7) is 2.41. The van der Waals surface area contributed by atoms with Crippen molar-refractivity contribution >= 4 is 32.7 Å². The van der Waals surface area contributed by atoms with E-state index < -0.39 is 0 Å². The Morgan fingerprint density at radius 3 is 2.68 bits per heavy atom. The molecule has 0 atom stereocenters. The molecule has 0 amide bonds. The van der Waals surface area contributed by atoms with E-state index in [-0.39, 0.29) is 12.8 Å². The molecule has 5 heteroatoms. The zero-order valence-corrected chi connectivity index (χ0v) is 15.1. The average Bonchev–Trinajstić information content (AvgIpc) is 3.10. The quantitative estimate of drug-likeness (QED) is 0.570. The lowest BCUT2D eigenvalue weighted by molar-refractivity contribution is 0.0526. The lowest BCUT2D eigenvalue weighted by Crippen LogP contribution is -2.04. The fourth-order valence-electron chi connectivity index (χ4n) is 2.90. The molecule has 0 radical (unpaired) electrons. The number of carbonyl (C=O) groups is 1. The molecule has 4 rings (SSSR count). The number of hydrogen-bond acceptors (Lipinski definition) is 4. The first-order valence-corrected chi connectivity index (χ1v) is 8.75. The first-order chi connectivity index (χ1) is 12.2. The molecular weight excluding hydrogens is 384 g/mol. The van der Waals surface area contributed by atoms with Gasteiger partial charge in [-0.2, -0.15) is 0 Å². The number of halogens is 1. The highest BCUT2D eigenvalue weighted by atomic mass is 79.9. The van der Waals surface area contributed by atoms with Crippen LogP contribution in [0.4, 0.5) is 0 Å². The molecule has 0 saturated carbocycles. The van der Waals surface area contributed by atoms with Crippen LogP contribution in [0.5, 0.6) is 11.5 Å². The van der Waals surface area contributed by atoms with Crippen molar-refractivity contribution in [2.75, 3.05) is 13.4 Å². The van der Waals surface area contributed by atoms with Crippen LogP contribution < -0.4 is 9.47 Å². The summed E-state index contributed by atoms with van der Waals surface area (Å²) < 4.78 is 16.8. The summed E-state index contributed by atoms with van der Waals surface area (Å²) in [6, 6.07) is 15.7. The minimum absolute atomic E-state index is 0.242. The number of carbonyl (C=O) groups excluding carboxylic acids is 1. The van der Waals surface area contributed by atoms with Crippen molar-refractivity contribution in [3.05, 3.63) is 58.6 Å². The molecule has 1 aliphatic rings. The summed E-state index contributed by atoms with van der Waals surface area (Å²) in [4.78, 5) is 11.9. The molecule has 0 spiro atoms. The molecule has 3 aromatic carbocycles. The fourth-order valence-corrected chi connectivity index (χ4v) is 3.46. The zero-order valence-electron chi connectivity index (χ0n) is 13.5. The number of fused-ring (bicyclic) bond motifs is 2. The van der Waals surface area contributed by atoms with Crippen LogP contribution in [-0.2, 0) is 4.74 Å². The Bertz CT molecular complexity index is 981. The molecule has 0 bridgehead atoms. The highest BCUT2D eigenvalue weighted by molar-refractivity contribution is 9.10. The summed E-state index contributed by atoms with van der Waals surface area (Å²) in [6.07, 6.45) is 0. The van der Waals surface area contributed by atoms with Crippen LogP contribution in [0.2, 0.25) is 0 Å². The molecule has 0 N–H and O–H groups in total. The third kappa shape index (κ3) is 2.96. The summed E-state index contributed by atoms with van der Waals surface area (Å²) in [5, 5.41) is 2.05. The van der Waals surface area contributed by atoms with E-state index in [0.29, 0.717) is 12.2 Å². The summed E-state index contributed by atoms with van der Waals surface area (Å²) in [5.74, 6) is 1.18. The molecule has 0 unspecified atom stereocenters. The van der Waals surface area contributed by atoms with Crippen molar-refractivity contribution in [3.8, 4) is 22.6 Å². The second kappa shape index (κ2) is 6.41. The van der Waals surface area contributed by atoms with Gasteiger partial charge in [0.1, 0.15) is 0 Å². The molecule has 1 heterocycles. The van der Waals surface area contributed by atoms with Crippen molar-refractivity contribution in [1.82, 2.24) is 0 Å². The molecule has 3 aromatic rings.